The minimum Gasteiger partial charge on any atom is -0.290 e. The molecule has 0 saturated heterocycles. The van der Waals surface area contributed by atoms with Crippen molar-refractivity contribution < 1.29 is 9.59 Å². The van der Waals surface area contributed by atoms with E-state index < -0.39 is 11.0 Å². The fourth-order valence-corrected chi connectivity index (χ4v) is 0. The summed E-state index contributed by atoms with van der Waals surface area (Å²) in [4.78, 5) is 19.2. The van der Waals surface area contributed by atoms with Gasteiger partial charge in [0.05, 0.1) is 0 Å². The summed E-state index contributed by atoms with van der Waals surface area (Å²) in [5.41, 5.74) is 0. The Balaban J connectivity index is -0.000000125. The number of carbonyl (C=O) groups is 2. The SMILES string of the molecule is CC(=O)C(=O)Cl.Cl.Cl. The summed E-state index contributed by atoms with van der Waals surface area (Å²) >= 11 is 4.62. The van der Waals surface area contributed by atoms with Crippen LogP contribution in [0, 0.1) is 0 Å². The van der Waals surface area contributed by atoms with E-state index in [9.17, 15) is 9.59 Å². The van der Waals surface area contributed by atoms with Crippen molar-refractivity contribution in [3.8, 4) is 0 Å². The van der Waals surface area contributed by atoms with Crippen molar-refractivity contribution in [2.75, 3.05) is 0 Å². The summed E-state index contributed by atoms with van der Waals surface area (Å²) in [6, 6.07) is 0. The number of ketones is 1. The van der Waals surface area contributed by atoms with Crippen LogP contribution in [0.15, 0.2) is 0 Å². The van der Waals surface area contributed by atoms with E-state index >= 15 is 0 Å². The Kier molecular flexibility index (Phi) is 14.2. The predicted molar refractivity (Wildman–Crippen MR) is 36.0 cm³/mol. The molecule has 0 spiro atoms. The van der Waals surface area contributed by atoms with Gasteiger partial charge in [-0.3, -0.25) is 9.59 Å². The molecule has 8 heavy (non-hydrogen) atoms. The molecule has 0 bridgehead atoms. The number of hydrogen-bond donors (Lipinski definition) is 0. The number of hydrogen-bond acceptors (Lipinski definition) is 2. The molecule has 0 aromatic heterocycles. The molecule has 0 heterocycles. The Bertz CT molecular complexity index is 78.5. The molecule has 0 rings (SSSR count). The van der Waals surface area contributed by atoms with Gasteiger partial charge in [-0.15, -0.1) is 24.8 Å². The molecule has 0 aliphatic heterocycles. The van der Waals surface area contributed by atoms with Gasteiger partial charge in [-0.25, -0.2) is 0 Å². The Labute approximate surface area is 64.4 Å². The second-order valence-electron chi connectivity index (χ2n) is 0.830. The third-order valence-corrected chi connectivity index (χ3v) is 0.543. The van der Waals surface area contributed by atoms with E-state index in [1.807, 2.05) is 0 Å². The molecule has 0 aliphatic carbocycles. The fourth-order valence-electron chi connectivity index (χ4n) is 0. The monoisotopic (exact) mass is 178 g/mol. The third kappa shape index (κ3) is 9.51. The van der Waals surface area contributed by atoms with Crippen LogP contribution in [0.25, 0.3) is 0 Å². The zero-order valence-corrected chi connectivity index (χ0v) is 6.40. The first-order valence-electron chi connectivity index (χ1n) is 1.35. The minimum absolute atomic E-state index is 0. The van der Waals surface area contributed by atoms with Crippen LogP contribution in [0.3, 0.4) is 0 Å². The molecule has 2 nitrogen and oxygen atoms in total. The first kappa shape index (κ1) is 15.7. The molecule has 0 fully saturated rings. The van der Waals surface area contributed by atoms with Crippen LogP contribution in [0.2, 0.25) is 0 Å². The lowest BCUT2D eigenvalue weighted by Gasteiger charge is -1.70. The van der Waals surface area contributed by atoms with Crippen molar-refractivity contribution >= 4 is 47.4 Å². The van der Waals surface area contributed by atoms with Gasteiger partial charge in [0, 0.05) is 6.92 Å². The average molecular weight is 179 g/mol. The van der Waals surface area contributed by atoms with Gasteiger partial charge in [-0.2, -0.15) is 0 Å². The van der Waals surface area contributed by atoms with E-state index in [4.69, 9.17) is 0 Å². The van der Waals surface area contributed by atoms with Gasteiger partial charge in [0.1, 0.15) is 0 Å². The zero-order chi connectivity index (χ0) is 5.15. The lowest BCUT2D eigenvalue weighted by Crippen LogP contribution is -1.98. The normalized spacial score (nSPS) is 5.75. The molecule has 5 heteroatoms. The Morgan fingerprint density at radius 3 is 1.38 bits per heavy atom. The minimum atomic E-state index is -0.907. The summed E-state index contributed by atoms with van der Waals surface area (Å²) in [6.07, 6.45) is 0. The molecule has 0 saturated carbocycles. The number of halogens is 3. The molecular weight excluding hydrogens is 174 g/mol. The second kappa shape index (κ2) is 7.21. The zero-order valence-electron chi connectivity index (χ0n) is 4.01. The van der Waals surface area contributed by atoms with E-state index in [2.05, 4.69) is 11.6 Å². The molecule has 0 unspecified atom stereocenters. The smallest absolute Gasteiger partial charge is 0.287 e. The lowest BCUT2D eigenvalue weighted by molar-refractivity contribution is -0.130. The molecule has 0 N–H and O–H groups in total. The first-order valence-corrected chi connectivity index (χ1v) is 1.73. The van der Waals surface area contributed by atoms with Gasteiger partial charge in [0.15, 0.2) is 0 Å². The van der Waals surface area contributed by atoms with Gasteiger partial charge >= 0.3 is 0 Å². The van der Waals surface area contributed by atoms with Crippen LogP contribution in [0.4, 0.5) is 0 Å². The average Bonchev–Trinajstić information content (AvgIpc) is 1.36. The maximum Gasteiger partial charge on any atom is 0.287 e. The van der Waals surface area contributed by atoms with Crippen LogP contribution >= 0.6 is 36.4 Å². The van der Waals surface area contributed by atoms with E-state index in [0.29, 0.717) is 0 Å². The van der Waals surface area contributed by atoms with E-state index in [1.165, 1.54) is 0 Å². The maximum atomic E-state index is 9.66. The molecule has 0 aromatic carbocycles. The molecule has 0 amide bonds. The van der Waals surface area contributed by atoms with Gasteiger partial charge in [-0.1, -0.05) is 0 Å². The van der Waals surface area contributed by atoms with Crippen molar-refractivity contribution in [1.29, 1.82) is 0 Å². The molecule has 0 atom stereocenters. The number of Topliss-reactive ketones (excluding diaryl/α,β-unsaturated/α-hetero) is 1. The van der Waals surface area contributed by atoms with Crippen molar-refractivity contribution in [3.63, 3.8) is 0 Å². The van der Waals surface area contributed by atoms with E-state index in [0.717, 1.165) is 6.92 Å². The Morgan fingerprint density at radius 2 is 1.38 bits per heavy atom. The fraction of sp³-hybridized carbons (Fsp3) is 0.333. The Hall–Kier alpha value is 0.210. The second-order valence-corrected chi connectivity index (χ2v) is 1.17. The highest BCUT2D eigenvalue weighted by molar-refractivity contribution is 6.80. The van der Waals surface area contributed by atoms with Crippen molar-refractivity contribution in [1.82, 2.24) is 0 Å². The highest BCUT2D eigenvalue weighted by Gasteiger charge is 1.98. The van der Waals surface area contributed by atoms with Gasteiger partial charge in [0.2, 0.25) is 5.78 Å². The standard InChI is InChI=1S/C3H3ClO2.2ClH/c1-2(5)3(4)6;;/h1H3;2*1H. The predicted octanol–water partition coefficient (Wildman–Crippen LogP) is 1.18. The van der Waals surface area contributed by atoms with Crippen LogP contribution in [-0.4, -0.2) is 11.0 Å². The summed E-state index contributed by atoms with van der Waals surface area (Å²) in [5, 5.41) is -0.907. The number of carbonyl (C=O) groups excluding carboxylic acids is 2. The van der Waals surface area contributed by atoms with Crippen molar-refractivity contribution in [3.05, 3.63) is 0 Å². The van der Waals surface area contributed by atoms with Gasteiger partial charge < -0.3 is 0 Å². The number of rotatable bonds is 1. The van der Waals surface area contributed by atoms with Crippen molar-refractivity contribution in [2.24, 2.45) is 0 Å². The first-order chi connectivity index (χ1) is 2.64. The van der Waals surface area contributed by atoms with E-state index in [1.54, 1.807) is 0 Å². The quantitative estimate of drug-likeness (QED) is 0.447. The van der Waals surface area contributed by atoms with Crippen LogP contribution in [0.1, 0.15) is 6.92 Å². The summed E-state index contributed by atoms with van der Waals surface area (Å²) in [7, 11) is 0. The van der Waals surface area contributed by atoms with Crippen LogP contribution in [0.5, 0.6) is 0 Å². The summed E-state index contributed by atoms with van der Waals surface area (Å²) in [6.45, 7) is 1.12. The highest BCUT2D eigenvalue weighted by Crippen LogP contribution is 1.77. The molecule has 50 valence electrons. The van der Waals surface area contributed by atoms with Crippen LogP contribution < -0.4 is 0 Å². The molecule has 0 aromatic rings. The Morgan fingerprint density at radius 1 is 1.25 bits per heavy atom. The molecule has 0 radical (unpaired) electrons. The third-order valence-electron chi connectivity index (χ3n) is 0.277. The largest absolute Gasteiger partial charge is 0.290 e. The van der Waals surface area contributed by atoms with Gasteiger partial charge in [-0.05, 0) is 11.6 Å². The maximum absolute atomic E-state index is 9.66. The molecular formula is C3H5Cl3O2. The summed E-state index contributed by atoms with van der Waals surface area (Å²) in [5.74, 6) is -0.614. The van der Waals surface area contributed by atoms with Crippen molar-refractivity contribution in [2.45, 2.75) is 6.92 Å². The van der Waals surface area contributed by atoms with E-state index in [-0.39, 0.29) is 24.8 Å². The summed E-state index contributed by atoms with van der Waals surface area (Å²) < 4.78 is 0. The molecule has 0 aliphatic rings. The highest BCUT2D eigenvalue weighted by atomic mass is 35.5. The lowest BCUT2D eigenvalue weighted by atomic mass is 10.5. The van der Waals surface area contributed by atoms with Crippen LogP contribution in [-0.2, 0) is 9.59 Å². The van der Waals surface area contributed by atoms with Gasteiger partial charge in [0.25, 0.3) is 5.24 Å². The topological polar surface area (TPSA) is 34.1 Å².